The van der Waals surface area contributed by atoms with Crippen molar-refractivity contribution in [2.45, 2.75) is 45.7 Å². The van der Waals surface area contributed by atoms with Gasteiger partial charge in [-0.1, -0.05) is 0 Å². The Labute approximate surface area is 98.0 Å². The number of carboxylic acid groups (broad SMARTS) is 1. The maximum Gasteiger partial charge on any atom is 0.309 e. The van der Waals surface area contributed by atoms with Crippen molar-refractivity contribution in [2.75, 3.05) is 19.6 Å². The van der Waals surface area contributed by atoms with E-state index in [1.807, 2.05) is 0 Å². The van der Waals surface area contributed by atoms with E-state index in [9.17, 15) is 4.79 Å². The Bertz CT molecular complexity index is 269. The Balaban J connectivity index is 2.93. The molecule has 1 aliphatic heterocycles. The van der Waals surface area contributed by atoms with Gasteiger partial charge in [0.15, 0.2) is 0 Å². The van der Waals surface area contributed by atoms with Crippen molar-refractivity contribution in [3.8, 4) is 0 Å². The summed E-state index contributed by atoms with van der Waals surface area (Å²) in [5, 5.41) is 12.4. The van der Waals surface area contributed by atoms with E-state index in [1.54, 1.807) is 0 Å². The number of hydrogen-bond donors (Lipinski definition) is 2. The van der Waals surface area contributed by atoms with Crippen LogP contribution in [0.2, 0.25) is 0 Å². The summed E-state index contributed by atoms with van der Waals surface area (Å²) in [4.78, 5) is 13.4. The third kappa shape index (κ3) is 2.95. The average molecular weight is 228 g/mol. The molecule has 0 saturated carbocycles. The maximum absolute atomic E-state index is 11.1. The lowest BCUT2D eigenvalue weighted by atomic mass is 9.93. The van der Waals surface area contributed by atoms with Gasteiger partial charge in [-0.3, -0.25) is 9.69 Å². The molecule has 16 heavy (non-hydrogen) atoms. The summed E-state index contributed by atoms with van der Waals surface area (Å²) in [6.07, 6.45) is 0. The molecule has 4 heteroatoms. The quantitative estimate of drug-likeness (QED) is 0.707. The van der Waals surface area contributed by atoms with Gasteiger partial charge in [-0.05, 0) is 34.6 Å². The molecule has 4 nitrogen and oxygen atoms in total. The van der Waals surface area contributed by atoms with Gasteiger partial charge in [-0.2, -0.15) is 0 Å². The second-order valence-electron chi connectivity index (χ2n) is 6.26. The zero-order valence-electron chi connectivity index (χ0n) is 11.0. The zero-order valence-corrected chi connectivity index (χ0v) is 11.0. The van der Waals surface area contributed by atoms with Gasteiger partial charge in [0, 0.05) is 30.7 Å². The van der Waals surface area contributed by atoms with Crippen LogP contribution >= 0.6 is 0 Å². The van der Waals surface area contributed by atoms with E-state index in [-0.39, 0.29) is 17.0 Å². The summed E-state index contributed by atoms with van der Waals surface area (Å²) in [5.41, 5.74) is -0.0222. The number of carbonyl (C=O) groups is 1. The zero-order chi connectivity index (χ0) is 12.6. The van der Waals surface area contributed by atoms with Gasteiger partial charge in [-0.25, -0.2) is 0 Å². The molecule has 1 fully saturated rings. The molecule has 1 unspecified atom stereocenters. The summed E-state index contributed by atoms with van der Waals surface area (Å²) in [6.45, 7) is 12.7. The predicted molar refractivity (Wildman–Crippen MR) is 64.5 cm³/mol. The van der Waals surface area contributed by atoms with Crippen molar-refractivity contribution in [2.24, 2.45) is 5.92 Å². The first-order valence-electron chi connectivity index (χ1n) is 5.86. The van der Waals surface area contributed by atoms with Gasteiger partial charge in [0.05, 0.1) is 5.92 Å². The molecule has 1 aliphatic rings. The average Bonchev–Trinajstić information content (AvgIpc) is 2.21. The number of carboxylic acids is 1. The Morgan fingerprint density at radius 3 is 2.44 bits per heavy atom. The van der Waals surface area contributed by atoms with Crippen molar-refractivity contribution < 1.29 is 9.90 Å². The van der Waals surface area contributed by atoms with Crippen LogP contribution in [-0.4, -0.2) is 46.7 Å². The van der Waals surface area contributed by atoms with Crippen LogP contribution in [-0.2, 0) is 4.79 Å². The number of aliphatic carboxylic acids is 1. The first-order valence-corrected chi connectivity index (χ1v) is 5.86. The normalized spacial score (nSPS) is 27.4. The highest BCUT2D eigenvalue weighted by Gasteiger charge is 2.39. The number of hydrogen-bond acceptors (Lipinski definition) is 3. The monoisotopic (exact) mass is 228 g/mol. The van der Waals surface area contributed by atoms with E-state index in [2.05, 4.69) is 44.8 Å². The fourth-order valence-electron chi connectivity index (χ4n) is 2.53. The van der Waals surface area contributed by atoms with Gasteiger partial charge in [0.1, 0.15) is 0 Å². The van der Waals surface area contributed by atoms with E-state index >= 15 is 0 Å². The first kappa shape index (κ1) is 13.5. The number of nitrogens with zero attached hydrogens (tertiary/aromatic N) is 1. The first-order chi connectivity index (χ1) is 7.14. The Morgan fingerprint density at radius 2 is 2.00 bits per heavy atom. The molecule has 0 aromatic heterocycles. The van der Waals surface area contributed by atoms with Crippen molar-refractivity contribution in [1.29, 1.82) is 0 Å². The van der Waals surface area contributed by atoms with E-state index in [4.69, 9.17) is 5.11 Å². The standard InChI is InChI=1S/C12H24N2O2/c1-11(2,3)14-7-9(10(15)16)6-13-8-12(14,4)5/h9,13H,6-8H2,1-5H3,(H,15,16). The minimum absolute atomic E-state index is 0.0107. The van der Waals surface area contributed by atoms with Crippen LogP contribution in [0.15, 0.2) is 0 Å². The summed E-state index contributed by atoms with van der Waals surface area (Å²) in [5.74, 6) is -1.03. The smallest absolute Gasteiger partial charge is 0.309 e. The topological polar surface area (TPSA) is 52.6 Å². The second kappa shape index (κ2) is 4.34. The molecule has 1 atom stereocenters. The molecule has 0 aliphatic carbocycles. The van der Waals surface area contributed by atoms with Crippen molar-refractivity contribution in [1.82, 2.24) is 10.2 Å². The van der Waals surface area contributed by atoms with Gasteiger partial charge in [-0.15, -0.1) is 0 Å². The SMILES string of the molecule is CC(C)(C)N1CC(C(=O)O)CNCC1(C)C. The fraction of sp³-hybridized carbons (Fsp3) is 0.917. The van der Waals surface area contributed by atoms with Crippen molar-refractivity contribution in [3.63, 3.8) is 0 Å². The molecule has 1 heterocycles. The molecule has 1 saturated heterocycles. The van der Waals surface area contributed by atoms with Crippen LogP contribution in [0.25, 0.3) is 0 Å². The maximum atomic E-state index is 11.1. The minimum Gasteiger partial charge on any atom is -0.481 e. The van der Waals surface area contributed by atoms with Crippen LogP contribution in [0.1, 0.15) is 34.6 Å². The van der Waals surface area contributed by atoms with E-state index < -0.39 is 5.97 Å². The highest BCUT2D eigenvalue weighted by Crippen LogP contribution is 2.27. The van der Waals surface area contributed by atoms with E-state index in [0.29, 0.717) is 13.1 Å². The predicted octanol–water partition coefficient (Wildman–Crippen LogP) is 1.17. The molecule has 2 N–H and O–H groups in total. The molecule has 1 rings (SSSR count). The van der Waals surface area contributed by atoms with Crippen LogP contribution in [0.4, 0.5) is 0 Å². The van der Waals surface area contributed by atoms with Crippen LogP contribution in [0, 0.1) is 5.92 Å². The molecule has 0 aromatic carbocycles. The van der Waals surface area contributed by atoms with Crippen LogP contribution in [0.5, 0.6) is 0 Å². The Hall–Kier alpha value is -0.610. The van der Waals surface area contributed by atoms with Gasteiger partial charge >= 0.3 is 5.97 Å². The molecular weight excluding hydrogens is 204 g/mol. The molecule has 0 aromatic rings. The Morgan fingerprint density at radius 1 is 1.44 bits per heavy atom. The summed E-state index contributed by atoms with van der Waals surface area (Å²) in [6, 6.07) is 0. The van der Waals surface area contributed by atoms with Gasteiger partial charge < -0.3 is 10.4 Å². The second-order valence-corrected chi connectivity index (χ2v) is 6.26. The number of rotatable bonds is 1. The van der Waals surface area contributed by atoms with Crippen LogP contribution in [0.3, 0.4) is 0 Å². The summed E-state index contributed by atoms with van der Waals surface area (Å²) >= 11 is 0. The largest absolute Gasteiger partial charge is 0.481 e. The van der Waals surface area contributed by atoms with Crippen molar-refractivity contribution >= 4 is 5.97 Å². The summed E-state index contributed by atoms with van der Waals surface area (Å²) in [7, 11) is 0. The molecule has 0 amide bonds. The van der Waals surface area contributed by atoms with Gasteiger partial charge in [0.2, 0.25) is 0 Å². The fourth-order valence-corrected chi connectivity index (χ4v) is 2.53. The van der Waals surface area contributed by atoms with E-state index in [0.717, 1.165) is 6.54 Å². The van der Waals surface area contributed by atoms with E-state index in [1.165, 1.54) is 0 Å². The third-order valence-electron chi connectivity index (χ3n) is 3.24. The molecular formula is C12H24N2O2. The number of nitrogens with one attached hydrogen (secondary N) is 1. The third-order valence-corrected chi connectivity index (χ3v) is 3.24. The molecule has 0 radical (unpaired) electrons. The van der Waals surface area contributed by atoms with Crippen LogP contribution < -0.4 is 5.32 Å². The highest BCUT2D eigenvalue weighted by atomic mass is 16.4. The lowest BCUT2D eigenvalue weighted by Crippen LogP contribution is -2.57. The van der Waals surface area contributed by atoms with Crippen molar-refractivity contribution in [3.05, 3.63) is 0 Å². The van der Waals surface area contributed by atoms with Gasteiger partial charge in [0.25, 0.3) is 0 Å². The lowest BCUT2D eigenvalue weighted by molar-refractivity contribution is -0.142. The molecule has 0 bridgehead atoms. The molecule has 0 spiro atoms. The Kier molecular flexibility index (Phi) is 3.65. The molecule has 94 valence electrons. The summed E-state index contributed by atoms with van der Waals surface area (Å²) < 4.78 is 0. The minimum atomic E-state index is -0.709. The highest BCUT2D eigenvalue weighted by molar-refractivity contribution is 5.70. The lowest BCUT2D eigenvalue weighted by Gasteiger charge is -2.46.